The molecular formula is C19H20Cl2N2O2. The number of rotatable bonds is 6. The largest absolute Gasteiger partial charge is 0.341 e. The average molecular weight is 379 g/mol. The van der Waals surface area contributed by atoms with Gasteiger partial charge in [-0.05, 0) is 23.8 Å². The van der Waals surface area contributed by atoms with Crippen molar-refractivity contribution in [3.05, 3.63) is 64.1 Å². The van der Waals surface area contributed by atoms with Gasteiger partial charge in [-0.25, -0.2) is 0 Å². The lowest BCUT2D eigenvalue weighted by Crippen LogP contribution is -2.34. The van der Waals surface area contributed by atoms with Gasteiger partial charge in [-0.3, -0.25) is 9.59 Å². The number of hydrogen-bond donors (Lipinski definition) is 0. The number of carbonyl (C=O) groups excluding carboxylic acids is 2. The molecule has 0 aliphatic carbocycles. The van der Waals surface area contributed by atoms with Crippen LogP contribution in [0.4, 0.5) is 5.69 Å². The van der Waals surface area contributed by atoms with Gasteiger partial charge in [0.2, 0.25) is 11.8 Å². The van der Waals surface area contributed by atoms with Crippen LogP contribution in [0.25, 0.3) is 0 Å². The number of carbonyl (C=O) groups is 2. The van der Waals surface area contributed by atoms with Gasteiger partial charge in [-0.2, -0.15) is 0 Å². The van der Waals surface area contributed by atoms with E-state index in [1.165, 1.54) is 11.8 Å². The fraction of sp³-hybridized carbons (Fsp3) is 0.263. The minimum atomic E-state index is -0.170. The van der Waals surface area contributed by atoms with Crippen molar-refractivity contribution in [3.63, 3.8) is 0 Å². The number of nitrogens with zero attached hydrogens (tertiary/aromatic N) is 2. The second kappa shape index (κ2) is 8.88. The molecule has 2 amide bonds. The summed E-state index contributed by atoms with van der Waals surface area (Å²) in [4.78, 5) is 27.5. The maximum atomic E-state index is 12.4. The van der Waals surface area contributed by atoms with Crippen LogP contribution in [0.3, 0.4) is 0 Å². The van der Waals surface area contributed by atoms with E-state index in [-0.39, 0.29) is 24.8 Å². The maximum absolute atomic E-state index is 12.4. The van der Waals surface area contributed by atoms with Crippen LogP contribution in [0, 0.1) is 0 Å². The van der Waals surface area contributed by atoms with Crippen molar-refractivity contribution < 1.29 is 9.59 Å². The fourth-order valence-corrected chi connectivity index (χ4v) is 3.02. The highest BCUT2D eigenvalue weighted by molar-refractivity contribution is 6.35. The Hall–Kier alpha value is -2.04. The minimum Gasteiger partial charge on any atom is -0.341 e. The van der Waals surface area contributed by atoms with E-state index in [1.807, 2.05) is 30.3 Å². The Morgan fingerprint density at radius 1 is 1.00 bits per heavy atom. The molecule has 0 saturated carbocycles. The van der Waals surface area contributed by atoms with Crippen molar-refractivity contribution in [1.29, 1.82) is 0 Å². The van der Waals surface area contributed by atoms with Gasteiger partial charge in [0.15, 0.2) is 0 Å². The normalized spacial score (nSPS) is 10.4. The molecule has 0 heterocycles. The van der Waals surface area contributed by atoms with Crippen LogP contribution in [-0.2, 0) is 16.1 Å². The standard InChI is InChI=1S/C19H20Cl2N2O2/c1-14(24)23(18-11-16(20)10-17(21)12-18)9-8-19(25)22(2)13-15-6-4-3-5-7-15/h3-7,10-12H,8-9,13H2,1-2H3. The highest BCUT2D eigenvalue weighted by atomic mass is 35.5. The minimum absolute atomic E-state index is 0.0387. The van der Waals surface area contributed by atoms with Crippen LogP contribution in [0.15, 0.2) is 48.5 Å². The molecule has 132 valence electrons. The summed E-state index contributed by atoms with van der Waals surface area (Å²) in [5, 5.41) is 0.891. The number of benzene rings is 2. The molecule has 2 aromatic rings. The van der Waals surface area contributed by atoms with E-state index in [9.17, 15) is 9.59 Å². The molecular weight excluding hydrogens is 359 g/mol. The van der Waals surface area contributed by atoms with E-state index in [0.29, 0.717) is 22.3 Å². The van der Waals surface area contributed by atoms with E-state index >= 15 is 0 Å². The SMILES string of the molecule is CC(=O)N(CCC(=O)N(C)Cc1ccccc1)c1cc(Cl)cc(Cl)c1. The van der Waals surface area contributed by atoms with Crippen molar-refractivity contribution in [2.24, 2.45) is 0 Å². The zero-order chi connectivity index (χ0) is 18.4. The smallest absolute Gasteiger partial charge is 0.224 e. The summed E-state index contributed by atoms with van der Waals surface area (Å²) < 4.78 is 0. The number of anilines is 1. The Kier molecular flexibility index (Phi) is 6.85. The second-order valence-corrected chi connectivity index (χ2v) is 6.66. The van der Waals surface area contributed by atoms with Crippen molar-refractivity contribution in [3.8, 4) is 0 Å². The third kappa shape index (κ3) is 5.76. The lowest BCUT2D eigenvalue weighted by atomic mass is 10.2. The second-order valence-electron chi connectivity index (χ2n) is 5.78. The van der Waals surface area contributed by atoms with E-state index in [1.54, 1.807) is 30.1 Å². The highest BCUT2D eigenvalue weighted by Gasteiger charge is 2.16. The van der Waals surface area contributed by atoms with Crippen LogP contribution in [-0.4, -0.2) is 30.3 Å². The highest BCUT2D eigenvalue weighted by Crippen LogP contribution is 2.25. The maximum Gasteiger partial charge on any atom is 0.224 e. The van der Waals surface area contributed by atoms with Gasteiger partial charge in [-0.15, -0.1) is 0 Å². The molecule has 2 rings (SSSR count). The quantitative estimate of drug-likeness (QED) is 0.747. The molecule has 0 atom stereocenters. The molecule has 0 aromatic heterocycles. The molecule has 25 heavy (non-hydrogen) atoms. The summed E-state index contributed by atoms with van der Waals surface area (Å²) in [6, 6.07) is 14.7. The summed E-state index contributed by atoms with van der Waals surface area (Å²) in [6.45, 7) is 2.25. The van der Waals surface area contributed by atoms with Crippen LogP contribution in [0.1, 0.15) is 18.9 Å². The first-order chi connectivity index (χ1) is 11.9. The van der Waals surface area contributed by atoms with E-state index in [0.717, 1.165) is 5.56 Å². The summed E-state index contributed by atoms with van der Waals surface area (Å²) >= 11 is 12.0. The summed E-state index contributed by atoms with van der Waals surface area (Å²) in [7, 11) is 1.75. The molecule has 4 nitrogen and oxygen atoms in total. The van der Waals surface area contributed by atoms with Gasteiger partial charge in [0.1, 0.15) is 0 Å². The van der Waals surface area contributed by atoms with Gasteiger partial charge in [0.05, 0.1) is 0 Å². The Morgan fingerprint density at radius 2 is 1.60 bits per heavy atom. The first-order valence-corrected chi connectivity index (χ1v) is 8.64. The van der Waals surface area contributed by atoms with Gasteiger partial charge in [-0.1, -0.05) is 53.5 Å². The molecule has 6 heteroatoms. The molecule has 0 aliphatic rings. The first-order valence-electron chi connectivity index (χ1n) is 7.89. The zero-order valence-electron chi connectivity index (χ0n) is 14.2. The van der Waals surface area contributed by atoms with E-state index < -0.39 is 0 Å². The molecule has 0 saturated heterocycles. The molecule has 0 spiro atoms. The zero-order valence-corrected chi connectivity index (χ0v) is 15.7. The van der Waals surface area contributed by atoms with Gasteiger partial charge in [0.25, 0.3) is 0 Å². The summed E-state index contributed by atoms with van der Waals surface area (Å²) in [6.07, 6.45) is 0.215. The predicted octanol–water partition coefficient (Wildman–Crippen LogP) is 4.40. The number of amides is 2. The van der Waals surface area contributed by atoms with Crippen LogP contribution in [0.2, 0.25) is 10.0 Å². The molecule has 0 unspecified atom stereocenters. The van der Waals surface area contributed by atoms with Gasteiger partial charge < -0.3 is 9.80 Å². The van der Waals surface area contributed by atoms with E-state index in [2.05, 4.69) is 0 Å². The predicted molar refractivity (Wildman–Crippen MR) is 102 cm³/mol. The fourth-order valence-electron chi connectivity index (χ4n) is 2.51. The molecule has 0 bridgehead atoms. The monoisotopic (exact) mass is 378 g/mol. The average Bonchev–Trinajstić information content (AvgIpc) is 2.54. The van der Waals surface area contributed by atoms with Crippen LogP contribution < -0.4 is 4.90 Å². The van der Waals surface area contributed by atoms with Crippen molar-refractivity contribution in [1.82, 2.24) is 4.90 Å². The third-order valence-corrected chi connectivity index (χ3v) is 4.21. The summed E-state index contributed by atoms with van der Waals surface area (Å²) in [5.41, 5.74) is 1.65. The first kappa shape index (κ1) is 19.3. The molecule has 0 N–H and O–H groups in total. The Balaban J connectivity index is 2.00. The van der Waals surface area contributed by atoms with Crippen molar-refractivity contribution in [2.75, 3.05) is 18.5 Å². The number of halogens is 2. The van der Waals surface area contributed by atoms with Crippen molar-refractivity contribution in [2.45, 2.75) is 19.9 Å². The van der Waals surface area contributed by atoms with Crippen molar-refractivity contribution >= 4 is 40.7 Å². The van der Waals surface area contributed by atoms with Crippen LogP contribution in [0.5, 0.6) is 0 Å². The van der Waals surface area contributed by atoms with Gasteiger partial charge >= 0.3 is 0 Å². The molecule has 2 aromatic carbocycles. The Morgan fingerprint density at radius 3 is 2.16 bits per heavy atom. The molecule has 0 aliphatic heterocycles. The third-order valence-electron chi connectivity index (χ3n) is 3.78. The Bertz CT molecular complexity index is 730. The lowest BCUT2D eigenvalue weighted by Gasteiger charge is -2.23. The van der Waals surface area contributed by atoms with E-state index in [4.69, 9.17) is 23.2 Å². The van der Waals surface area contributed by atoms with Crippen LogP contribution >= 0.6 is 23.2 Å². The summed E-state index contributed by atoms with van der Waals surface area (Å²) in [5.74, 6) is -0.208. The Labute approximate surface area is 157 Å². The molecule has 0 fully saturated rings. The van der Waals surface area contributed by atoms with Gasteiger partial charge in [0, 0.05) is 49.2 Å². The lowest BCUT2D eigenvalue weighted by molar-refractivity contribution is -0.130. The molecule has 0 radical (unpaired) electrons. The number of hydrogen-bond acceptors (Lipinski definition) is 2. The topological polar surface area (TPSA) is 40.6 Å².